The molecular weight excluding hydrogens is 343 g/mol. The van der Waals surface area contributed by atoms with Crippen LogP contribution in [0, 0.1) is 6.92 Å². The third-order valence-electron chi connectivity index (χ3n) is 3.15. The van der Waals surface area contributed by atoms with Crippen LogP contribution in [0.5, 0.6) is 5.75 Å². The molecule has 0 saturated heterocycles. The number of amides is 1. The van der Waals surface area contributed by atoms with Gasteiger partial charge in [0.05, 0.1) is 24.3 Å². The molecule has 0 saturated carbocycles. The van der Waals surface area contributed by atoms with Crippen molar-refractivity contribution in [1.82, 2.24) is 0 Å². The number of ether oxygens (including phenoxy) is 1. The van der Waals surface area contributed by atoms with E-state index in [2.05, 4.69) is 5.32 Å². The molecule has 0 bridgehead atoms. The Labute approximate surface area is 142 Å². The van der Waals surface area contributed by atoms with E-state index >= 15 is 0 Å². The molecule has 0 radical (unpaired) electrons. The first kappa shape index (κ1) is 18.1. The molecular formula is C17H15ClF3NO2. The van der Waals surface area contributed by atoms with Gasteiger partial charge >= 0.3 is 6.18 Å². The van der Waals surface area contributed by atoms with Crippen molar-refractivity contribution in [3.8, 4) is 5.75 Å². The predicted octanol–water partition coefficient (Wildman–Crippen LogP) is 5.07. The average Bonchev–Trinajstić information content (AvgIpc) is 2.48. The van der Waals surface area contributed by atoms with Crippen molar-refractivity contribution < 1.29 is 22.7 Å². The monoisotopic (exact) mass is 357 g/mol. The molecule has 2 aromatic carbocycles. The van der Waals surface area contributed by atoms with E-state index in [1.54, 1.807) is 12.1 Å². The van der Waals surface area contributed by atoms with Gasteiger partial charge in [-0.05, 0) is 42.8 Å². The van der Waals surface area contributed by atoms with Crippen LogP contribution in [0.2, 0.25) is 5.02 Å². The molecule has 0 heterocycles. The largest absolute Gasteiger partial charge is 0.493 e. The minimum Gasteiger partial charge on any atom is -0.493 e. The van der Waals surface area contributed by atoms with Crippen LogP contribution in [0.25, 0.3) is 0 Å². The number of carbonyl (C=O) groups is 1. The fraction of sp³-hybridized carbons (Fsp3) is 0.235. The average molecular weight is 358 g/mol. The van der Waals surface area contributed by atoms with Gasteiger partial charge in [-0.2, -0.15) is 13.2 Å². The van der Waals surface area contributed by atoms with Gasteiger partial charge in [0.2, 0.25) is 5.91 Å². The van der Waals surface area contributed by atoms with Gasteiger partial charge < -0.3 is 10.1 Å². The molecule has 0 atom stereocenters. The Kier molecular flexibility index (Phi) is 5.72. The fourth-order valence-electron chi connectivity index (χ4n) is 2.04. The smallest absolute Gasteiger partial charge is 0.418 e. The number of nitrogens with one attached hydrogen (secondary N) is 1. The number of hydrogen-bond donors (Lipinski definition) is 1. The molecule has 0 aliphatic carbocycles. The van der Waals surface area contributed by atoms with E-state index in [4.69, 9.17) is 16.3 Å². The summed E-state index contributed by atoms with van der Waals surface area (Å²) in [5.41, 5.74) is -0.302. The summed E-state index contributed by atoms with van der Waals surface area (Å²) < 4.78 is 44.3. The predicted molar refractivity (Wildman–Crippen MR) is 86.4 cm³/mol. The van der Waals surface area contributed by atoms with Crippen LogP contribution in [0.15, 0.2) is 42.5 Å². The summed E-state index contributed by atoms with van der Waals surface area (Å²) in [7, 11) is 0. The fourth-order valence-corrected chi connectivity index (χ4v) is 2.21. The molecule has 0 fully saturated rings. The van der Waals surface area contributed by atoms with Gasteiger partial charge in [0.1, 0.15) is 5.75 Å². The standard InChI is InChI=1S/C17H15ClF3NO2/c1-11-3-2-4-13(9-11)24-8-7-16(23)22-15-6-5-12(18)10-14(15)17(19,20)21/h2-6,9-10H,7-8H2,1H3,(H,22,23). The molecule has 3 nitrogen and oxygen atoms in total. The van der Waals surface area contributed by atoms with Crippen molar-refractivity contribution >= 4 is 23.2 Å². The van der Waals surface area contributed by atoms with Crippen LogP contribution in [0.1, 0.15) is 17.5 Å². The van der Waals surface area contributed by atoms with Crippen molar-refractivity contribution in [1.29, 1.82) is 0 Å². The van der Waals surface area contributed by atoms with Gasteiger partial charge in [-0.1, -0.05) is 23.7 Å². The van der Waals surface area contributed by atoms with E-state index in [-0.39, 0.29) is 23.7 Å². The highest BCUT2D eigenvalue weighted by Crippen LogP contribution is 2.36. The SMILES string of the molecule is Cc1cccc(OCCC(=O)Nc2ccc(Cl)cc2C(F)(F)F)c1. The molecule has 24 heavy (non-hydrogen) atoms. The van der Waals surface area contributed by atoms with Crippen molar-refractivity contribution in [3.05, 3.63) is 58.6 Å². The van der Waals surface area contributed by atoms with E-state index in [9.17, 15) is 18.0 Å². The van der Waals surface area contributed by atoms with Gasteiger partial charge in [0.15, 0.2) is 0 Å². The van der Waals surface area contributed by atoms with Crippen LogP contribution in [0.3, 0.4) is 0 Å². The second kappa shape index (κ2) is 7.57. The van der Waals surface area contributed by atoms with E-state index < -0.39 is 17.6 Å². The maximum Gasteiger partial charge on any atom is 0.418 e. The second-order valence-corrected chi connectivity index (χ2v) is 5.59. The maximum atomic E-state index is 13.0. The third-order valence-corrected chi connectivity index (χ3v) is 3.38. The summed E-state index contributed by atoms with van der Waals surface area (Å²) in [6.07, 6.45) is -4.68. The Morgan fingerprint density at radius 2 is 1.96 bits per heavy atom. The molecule has 0 aliphatic heterocycles. The molecule has 128 valence electrons. The van der Waals surface area contributed by atoms with E-state index in [1.165, 1.54) is 6.07 Å². The maximum absolute atomic E-state index is 13.0. The zero-order chi connectivity index (χ0) is 17.7. The third kappa shape index (κ3) is 5.16. The first-order chi connectivity index (χ1) is 11.3. The highest BCUT2D eigenvalue weighted by Gasteiger charge is 2.34. The number of benzene rings is 2. The minimum absolute atomic E-state index is 0.0527. The molecule has 0 aliphatic rings. The molecule has 2 rings (SSSR count). The van der Waals surface area contributed by atoms with E-state index in [0.717, 1.165) is 17.7 Å². The summed E-state index contributed by atoms with van der Waals surface area (Å²) >= 11 is 5.59. The molecule has 0 unspecified atom stereocenters. The summed E-state index contributed by atoms with van der Waals surface area (Å²) in [4.78, 5) is 11.8. The van der Waals surface area contributed by atoms with Crippen molar-refractivity contribution in [3.63, 3.8) is 0 Å². The topological polar surface area (TPSA) is 38.3 Å². The number of halogens is 4. The lowest BCUT2D eigenvalue weighted by Crippen LogP contribution is -2.18. The Balaban J connectivity index is 1.95. The second-order valence-electron chi connectivity index (χ2n) is 5.15. The lowest BCUT2D eigenvalue weighted by Gasteiger charge is -2.14. The zero-order valence-corrected chi connectivity index (χ0v) is 13.5. The van der Waals surface area contributed by atoms with Gasteiger partial charge in [0, 0.05) is 5.02 Å². The van der Waals surface area contributed by atoms with Crippen LogP contribution in [-0.4, -0.2) is 12.5 Å². The quantitative estimate of drug-likeness (QED) is 0.810. The zero-order valence-electron chi connectivity index (χ0n) is 12.8. The number of hydrogen-bond acceptors (Lipinski definition) is 2. The first-order valence-corrected chi connectivity index (χ1v) is 7.49. The Bertz CT molecular complexity index is 732. The van der Waals surface area contributed by atoms with Gasteiger partial charge in [-0.15, -0.1) is 0 Å². The number of rotatable bonds is 5. The van der Waals surface area contributed by atoms with Crippen LogP contribution in [0.4, 0.5) is 18.9 Å². The van der Waals surface area contributed by atoms with Gasteiger partial charge in [-0.3, -0.25) is 4.79 Å². The lowest BCUT2D eigenvalue weighted by atomic mass is 10.1. The summed E-state index contributed by atoms with van der Waals surface area (Å²) in [5, 5.41) is 2.19. The molecule has 0 aromatic heterocycles. The summed E-state index contributed by atoms with van der Waals surface area (Å²) in [5.74, 6) is 0.0285. The normalized spacial score (nSPS) is 11.2. The Morgan fingerprint density at radius 3 is 2.62 bits per heavy atom. The highest BCUT2D eigenvalue weighted by molar-refractivity contribution is 6.30. The van der Waals surface area contributed by atoms with Gasteiger partial charge in [0.25, 0.3) is 0 Å². The van der Waals surface area contributed by atoms with Crippen LogP contribution >= 0.6 is 11.6 Å². The number of anilines is 1. The number of alkyl halides is 3. The van der Waals surface area contributed by atoms with Crippen molar-refractivity contribution in [2.24, 2.45) is 0 Å². The van der Waals surface area contributed by atoms with Crippen molar-refractivity contribution in [2.45, 2.75) is 19.5 Å². The number of carbonyl (C=O) groups excluding carboxylic acids is 1. The Morgan fingerprint density at radius 1 is 1.21 bits per heavy atom. The van der Waals surface area contributed by atoms with Gasteiger partial charge in [-0.25, -0.2) is 0 Å². The molecule has 7 heteroatoms. The van der Waals surface area contributed by atoms with Crippen LogP contribution in [-0.2, 0) is 11.0 Å². The van der Waals surface area contributed by atoms with E-state index in [1.807, 2.05) is 19.1 Å². The Hall–Kier alpha value is -2.21. The molecule has 1 amide bonds. The highest BCUT2D eigenvalue weighted by atomic mass is 35.5. The molecule has 0 spiro atoms. The minimum atomic E-state index is -4.61. The van der Waals surface area contributed by atoms with E-state index in [0.29, 0.717) is 5.75 Å². The lowest BCUT2D eigenvalue weighted by molar-refractivity contribution is -0.137. The molecule has 2 aromatic rings. The molecule has 1 N–H and O–H groups in total. The number of aryl methyl sites for hydroxylation is 1. The van der Waals surface area contributed by atoms with Crippen molar-refractivity contribution in [2.75, 3.05) is 11.9 Å². The summed E-state index contributed by atoms with van der Waals surface area (Å²) in [6, 6.07) is 10.5. The first-order valence-electron chi connectivity index (χ1n) is 7.12. The summed E-state index contributed by atoms with van der Waals surface area (Å²) in [6.45, 7) is 1.96. The van der Waals surface area contributed by atoms with Crippen LogP contribution < -0.4 is 10.1 Å².